The van der Waals surface area contributed by atoms with Gasteiger partial charge in [-0.15, -0.1) is 6.58 Å². The van der Waals surface area contributed by atoms with E-state index in [1.165, 1.54) is 0 Å². The summed E-state index contributed by atoms with van der Waals surface area (Å²) in [4.78, 5) is 4.32. The van der Waals surface area contributed by atoms with Crippen molar-refractivity contribution < 1.29 is 9.26 Å². The summed E-state index contributed by atoms with van der Waals surface area (Å²) in [5.74, 6) is 2.06. The van der Waals surface area contributed by atoms with E-state index in [0.29, 0.717) is 31.2 Å². The van der Waals surface area contributed by atoms with Crippen LogP contribution in [0.25, 0.3) is 0 Å². The zero-order valence-corrected chi connectivity index (χ0v) is 10.9. The Morgan fingerprint density at radius 3 is 3.05 bits per heavy atom. The summed E-state index contributed by atoms with van der Waals surface area (Å²) < 4.78 is 10.5. The molecule has 0 saturated heterocycles. The van der Waals surface area contributed by atoms with Gasteiger partial charge in [-0.1, -0.05) is 29.4 Å². The molecule has 0 spiro atoms. The Bertz CT molecular complexity index is 537. The smallest absolute Gasteiger partial charge is 0.240 e. The number of nitrogens with one attached hydrogen (secondary N) is 1. The minimum Gasteiger partial charge on any atom is -0.496 e. The Balaban J connectivity index is 2.01. The summed E-state index contributed by atoms with van der Waals surface area (Å²) in [5, 5.41) is 7.07. The second kappa shape index (κ2) is 6.70. The Morgan fingerprint density at radius 2 is 2.26 bits per heavy atom. The Labute approximate surface area is 112 Å². The first-order chi connectivity index (χ1) is 9.33. The van der Waals surface area contributed by atoms with E-state index in [-0.39, 0.29) is 0 Å². The molecule has 0 fully saturated rings. The minimum absolute atomic E-state index is 0.547. The van der Waals surface area contributed by atoms with Crippen molar-refractivity contribution in [2.75, 3.05) is 13.7 Å². The molecule has 1 N–H and O–H groups in total. The van der Waals surface area contributed by atoms with Gasteiger partial charge >= 0.3 is 0 Å². The van der Waals surface area contributed by atoms with Crippen molar-refractivity contribution >= 4 is 0 Å². The van der Waals surface area contributed by atoms with Gasteiger partial charge < -0.3 is 14.6 Å². The number of rotatable bonds is 7. The molecule has 1 aromatic heterocycles. The zero-order valence-electron chi connectivity index (χ0n) is 10.9. The second-order valence-corrected chi connectivity index (χ2v) is 4.01. The molecular weight excluding hydrogens is 242 g/mol. The van der Waals surface area contributed by atoms with Gasteiger partial charge in [0.25, 0.3) is 0 Å². The van der Waals surface area contributed by atoms with Gasteiger partial charge in [0.2, 0.25) is 5.89 Å². The van der Waals surface area contributed by atoms with Gasteiger partial charge in [-0.2, -0.15) is 4.98 Å². The van der Waals surface area contributed by atoms with E-state index < -0.39 is 0 Å². The molecule has 0 amide bonds. The van der Waals surface area contributed by atoms with Crippen molar-refractivity contribution in [1.82, 2.24) is 15.5 Å². The second-order valence-electron chi connectivity index (χ2n) is 4.01. The van der Waals surface area contributed by atoms with Crippen LogP contribution in [0, 0.1) is 0 Å². The van der Waals surface area contributed by atoms with Crippen molar-refractivity contribution in [2.24, 2.45) is 0 Å². The average molecular weight is 259 g/mol. The van der Waals surface area contributed by atoms with Crippen LogP contribution in [0.1, 0.15) is 17.3 Å². The molecule has 0 aliphatic heterocycles. The summed E-state index contributed by atoms with van der Waals surface area (Å²) in [7, 11) is 1.65. The molecule has 5 heteroatoms. The van der Waals surface area contributed by atoms with Crippen molar-refractivity contribution in [3.8, 4) is 5.75 Å². The first-order valence-electron chi connectivity index (χ1n) is 6.08. The summed E-state index contributed by atoms with van der Waals surface area (Å²) in [5.41, 5.74) is 1.04. The highest BCUT2D eigenvalue weighted by atomic mass is 16.5. The van der Waals surface area contributed by atoms with Crippen LogP contribution in [-0.2, 0) is 13.0 Å². The van der Waals surface area contributed by atoms with Crippen LogP contribution >= 0.6 is 0 Å². The fourth-order valence-corrected chi connectivity index (χ4v) is 1.73. The number of para-hydroxylation sites is 1. The van der Waals surface area contributed by atoms with E-state index in [0.717, 1.165) is 11.3 Å². The van der Waals surface area contributed by atoms with Crippen LogP contribution in [0.2, 0.25) is 0 Å². The highest BCUT2D eigenvalue weighted by Crippen LogP contribution is 2.19. The van der Waals surface area contributed by atoms with Gasteiger partial charge in [0.05, 0.1) is 13.7 Å². The first-order valence-corrected chi connectivity index (χ1v) is 6.08. The molecule has 0 aliphatic carbocycles. The van der Waals surface area contributed by atoms with Crippen molar-refractivity contribution in [3.05, 3.63) is 54.2 Å². The normalized spacial score (nSPS) is 10.4. The molecule has 0 saturated carbocycles. The molecule has 100 valence electrons. The number of hydrogen-bond acceptors (Lipinski definition) is 5. The molecule has 1 heterocycles. The average Bonchev–Trinajstić information content (AvgIpc) is 2.87. The highest BCUT2D eigenvalue weighted by molar-refractivity contribution is 5.35. The summed E-state index contributed by atoms with van der Waals surface area (Å²) in [6.07, 6.45) is 2.38. The quantitative estimate of drug-likeness (QED) is 0.608. The third kappa shape index (κ3) is 3.66. The maximum Gasteiger partial charge on any atom is 0.240 e. The molecule has 19 heavy (non-hydrogen) atoms. The summed E-state index contributed by atoms with van der Waals surface area (Å²) in [6, 6.07) is 7.81. The Hall–Kier alpha value is -2.14. The fraction of sp³-hybridized carbons (Fsp3) is 0.286. The number of aromatic nitrogens is 2. The van der Waals surface area contributed by atoms with Gasteiger partial charge in [0.15, 0.2) is 5.82 Å². The molecule has 0 unspecified atom stereocenters. The predicted molar refractivity (Wildman–Crippen MR) is 72.0 cm³/mol. The van der Waals surface area contributed by atoms with Gasteiger partial charge in [0.1, 0.15) is 5.75 Å². The maximum atomic E-state index is 5.29. The molecule has 1 aromatic carbocycles. The molecule has 0 atom stereocenters. The van der Waals surface area contributed by atoms with E-state index >= 15 is 0 Å². The molecular formula is C14H17N3O2. The van der Waals surface area contributed by atoms with Crippen LogP contribution in [0.3, 0.4) is 0 Å². The topological polar surface area (TPSA) is 60.2 Å². The lowest BCUT2D eigenvalue weighted by Crippen LogP contribution is -2.12. The number of hydrogen-bond donors (Lipinski definition) is 1. The van der Waals surface area contributed by atoms with E-state index in [1.54, 1.807) is 13.2 Å². The molecule has 0 radical (unpaired) electrons. The van der Waals surface area contributed by atoms with Crippen molar-refractivity contribution in [1.29, 1.82) is 0 Å². The molecule has 2 aromatic rings. The van der Waals surface area contributed by atoms with Gasteiger partial charge in [-0.05, 0) is 6.07 Å². The molecule has 0 bridgehead atoms. The fourth-order valence-electron chi connectivity index (χ4n) is 1.73. The SMILES string of the molecule is C=CCNCc1nc(Cc2ccccc2OC)no1. The third-order valence-corrected chi connectivity index (χ3v) is 2.62. The highest BCUT2D eigenvalue weighted by Gasteiger charge is 2.09. The molecule has 5 nitrogen and oxygen atoms in total. The van der Waals surface area contributed by atoms with E-state index in [1.807, 2.05) is 24.3 Å². The lowest BCUT2D eigenvalue weighted by Gasteiger charge is -2.05. The van der Waals surface area contributed by atoms with Crippen LogP contribution < -0.4 is 10.1 Å². The van der Waals surface area contributed by atoms with Crippen LogP contribution in [-0.4, -0.2) is 23.8 Å². The first kappa shape index (κ1) is 13.3. The zero-order chi connectivity index (χ0) is 13.5. The van der Waals surface area contributed by atoms with Crippen molar-refractivity contribution in [2.45, 2.75) is 13.0 Å². The van der Waals surface area contributed by atoms with Gasteiger partial charge in [0, 0.05) is 18.5 Å². The monoisotopic (exact) mass is 259 g/mol. The Morgan fingerprint density at radius 1 is 1.42 bits per heavy atom. The van der Waals surface area contributed by atoms with E-state index in [9.17, 15) is 0 Å². The minimum atomic E-state index is 0.547. The third-order valence-electron chi connectivity index (χ3n) is 2.62. The Kier molecular flexibility index (Phi) is 4.69. The molecule has 2 rings (SSSR count). The predicted octanol–water partition coefficient (Wildman–Crippen LogP) is 1.94. The maximum absolute atomic E-state index is 5.29. The van der Waals surface area contributed by atoms with Crippen LogP contribution in [0.5, 0.6) is 5.75 Å². The number of methoxy groups -OCH3 is 1. The van der Waals surface area contributed by atoms with Crippen molar-refractivity contribution in [3.63, 3.8) is 0 Å². The van der Waals surface area contributed by atoms with Crippen LogP contribution in [0.15, 0.2) is 41.4 Å². The lowest BCUT2D eigenvalue weighted by molar-refractivity contribution is 0.365. The molecule has 0 aliphatic rings. The van der Waals surface area contributed by atoms with E-state index in [2.05, 4.69) is 22.0 Å². The number of ether oxygens (including phenoxy) is 1. The van der Waals surface area contributed by atoms with Gasteiger partial charge in [-0.25, -0.2) is 0 Å². The number of nitrogens with zero attached hydrogens (tertiary/aromatic N) is 2. The lowest BCUT2D eigenvalue weighted by atomic mass is 10.1. The van der Waals surface area contributed by atoms with Gasteiger partial charge in [-0.3, -0.25) is 0 Å². The standard InChI is InChI=1S/C14H17N3O2/c1-3-8-15-10-14-16-13(17-19-14)9-11-6-4-5-7-12(11)18-2/h3-7,15H,1,8-10H2,2H3. The summed E-state index contributed by atoms with van der Waals surface area (Å²) in [6.45, 7) is 4.89. The summed E-state index contributed by atoms with van der Waals surface area (Å²) >= 11 is 0. The van der Waals surface area contributed by atoms with Crippen LogP contribution in [0.4, 0.5) is 0 Å². The van der Waals surface area contributed by atoms with E-state index in [4.69, 9.17) is 9.26 Å². The number of benzene rings is 1. The largest absolute Gasteiger partial charge is 0.496 e.